The number of rotatable bonds is 3. The van der Waals surface area contributed by atoms with E-state index in [0.717, 1.165) is 12.1 Å². The third-order valence-electron chi connectivity index (χ3n) is 3.18. The van der Waals surface area contributed by atoms with Crippen molar-refractivity contribution in [1.82, 2.24) is 4.57 Å². The van der Waals surface area contributed by atoms with Crippen LogP contribution in [-0.4, -0.2) is 9.67 Å². The summed E-state index contributed by atoms with van der Waals surface area (Å²) < 4.78 is 2.09. The number of aliphatic hydroxyl groups is 1. The van der Waals surface area contributed by atoms with Gasteiger partial charge in [0.15, 0.2) is 0 Å². The predicted molar refractivity (Wildman–Crippen MR) is 74.6 cm³/mol. The lowest BCUT2D eigenvalue weighted by Crippen LogP contribution is -2.10. The van der Waals surface area contributed by atoms with Crippen molar-refractivity contribution in [2.75, 3.05) is 0 Å². The van der Waals surface area contributed by atoms with E-state index in [1.807, 2.05) is 18.5 Å². The summed E-state index contributed by atoms with van der Waals surface area (Å²) in [5.41, 5.74) is 3.80. The molecule has 1 aromatic carbocycles. The highest BCUT2D eigenvalue weighted by atomic mass is 16.3. The number of aromatic nitrogens is 1. The Morgan fingerprint density at radius 2 is 1.67 bits per heavy atom. The maximum absolute atomic E-state index is 9.03. The summed E-state index contributed by atoms with van der Waals surface area (Å²) in [7, 11) is 0. The first-order valence-corrected chi connectivity index (χ1v) is 6.34. The third kappa shape index (κ3) is 3.02. The molecule has 1 heterocycles. The van der Waals surface area contributed by atoms with E-state index in [1.54, 1.807) is 0 Å². The van der Waals surface area contributed by atoms with E-state index in [2.05, 4.69) is 49.6 Å². The van der Waals surface area contributed by atoms with Crippen molar-refractivity contribution in [1.29, 1.82) is 0 Å². The predicted octanol–water partition coefficient (Wildman–Crippen LogP) is 3.33. The quantitative estimate of drug-likeness (QED) is 0.879. The first-order chi connectivity index (χ1) is 8.49. The molecule has 2 heteroatoms. The number of aliphatic hydroxyl groups excluding tert-OH is 1. The second kappa shape index (κ2) is 4.99. The number of benzene rings is 1. The summed E-state index contributed by atoms with van der Waals surface area (Å²) in [6.07, 6.45) is 3.99. The van der Waals surface area contributed by atoms with Crippen LogP contribution >= 0.6 is 0 Å². The molecular weight excluding hydrogens is 222 g/mol. The molecule has 0 fully saturated rings. The molecule has 2 aromatic rings. The molecule has 96 valence electrons. The summed E-state index contributed by atoms with van der Waals surface area (Å²) in [4.78, 5) is 0. The molecule has 0 amide bonds. The van der Waals surface area contributed by atoms with E-state index >= 15 is 0 Å². The van der Waals surface area contributed by atoms with Gasteiger partial charge in [-0.15, -0.1) is 0 Å². The van der Waals surface area contributed by atoms with Gasteiger partial charge >= 0.3 is 0 Å². The lowest BCUT2D eigenvalue weighted by Gasteiger charge is -2.19. The van der Waals surface area contributed by atoms with Gasteiger partial charge < -0.3 is 9.67 Å². The Labute approximate surface area is 109 Å². The first-order valence-electron chi connectivity index (χ1n) is 6.34. The maximum atomic E-state index is 9.03. The van der Waals surface area contributed by atoms with E-state index < -0.39 is 0 Å². The van der Waals surface area contributed by atoms with E-state index in [0.29, 0.717) is 0 Å². The topological polar surface area (TPSA) is 25.2 Å². The zero-order valence-corrected chi connectivity index (χ0v) is 11.4. The van der Waals surface area contributed by atoms with Gasteiger partial charge in [0.05, 0.1) is 6.61 Å². The van der Waals surface area contributed by atoms with Crippen LogP contribution in [0.15, 0.2) is 42.7 Å². The van der Waals surface area contributed by atoms with E-state index in [1.165, 1.54) is 11.1 Å². The Kier molecular flexibility index (Phi) is 3.58. The fourth-order valence-electron chi connectivity index (χ4n) is 2.00. The second-order valence-corrected chi connectivity index (χ2v) is 5.80. The lowest BCUT2D eigenvalue weighted by molar-refractivity contribution is 0.282. The molecule has 0 unspecified atom stereocenters. The van der Waals surface area contributed by atoms with Crippen molar-refractivity contribution in [3.05, 3.63) is 59.4 Å². The Morgan fingerprint density at radius 3 is 2.17 bits per heavy atom. The smallest absolute Gasteiger partial charge is 0.0696 e. The molecule has 0 bridgehead atoms. The molecular formula is C16H21NO. The van der Waals surface area contributed by atoms with Gasteiger partial charge in [-0.3, -0.25) is 0 Å². The van der Waals surface area contributed by atoms with Gasteiger partial charge in [-0.2, -0.15) is 0 Å². The van der Waals surface area contributed by atoms with Crippen LogP contribution in [0, 0.1) is 0 Å². The maximum Gasteiger partial charge on any atom is 0.0696 e. The average Bonchev–Trinajstić information content (AvgIpc) is 2.76. The van der Waals surface area contributed by atoms with E-state index in [9.17, 15) is 0 Å². The normalized spacial score (nSPS) is 11.8. The van der Waals surface area contributed by atoms with Crippen LogP contribution in [0.25, 0.3) is 0 Å². The monoisotopic (exact) mass is 243 g/mol. The number of hydrogen-bond donors (Lipinski definition) is 1. The van der Waals surface area contributed by atoms with Crippen molar-refractivity contribution in [2.45, 2.75) is 39.3 Å². The van der Waals surface area contributed by atoms with Crippen LogP contribution < -0.4 is 0 Å². The second-order valence-electron chi connectivity index (χ2n) is 5.80. The van der Waals surface area contributed by atoms with E-state index in [-0.39, 0.29) is 12.0 Å². The van der Waals surface area contributed by atoms with Crippen molar-refractivity contribution >= 4 is 0 Å². The molecule has 2 rings (SSSR count). The fourth-order valence-corrected chi connectivity index (χ4v) is 2.00. The average molecular weight is 243 g/mol. The molecule has 0 radical (unpaired) electrons. The Balaban J connectivity index is 2.11. The van der Waals surface area contributed by atoms with Crippen LogP contribution in [0.1, 0.15) is 37.5 Å². The minimum absolute atomic E-state index is 0.107. The van der Waals surface area contributed by atoms with Gasteiger partial charge in [0.1, 0.15) is 0 Å². The van der Waals surface area contributed by atoms with Crippen molar-refractivity contribution in [3.8, 4) is 0 Å². The lowest BCUT2D eigenvalue weighted by atomic mass is 9.87. The van der Waals surface area contributed by atoms with Crippen molar-refractivity contribution in [2.24, 2.45) is 0 Å². The molecule has 0 aliphatic carbocycles. The molecule has 1 aromatic heterocycles. The molecule has 18 heavy (non-hydrogen) atoms. The molecule has 0 aliphatic rings. The summed E-state index contributed by atoms with van der Waals surface area (Å²) in [5, 5.41) is 9.03. The summed E-state index contributed by atoms with van der Waals surface area (Å²) >= 11 is 0. The number of hydrogen-bond acceptors (Lipinski definition) is 1. The zero-order chi connectivity index (χ0) is 13.2. The zero-order valence-electron chi connectivity index (χ0n) is 11.4. The fraction of sp³-hybridized carbons (Fsp3) is 0.375. The van der Waals surface area contributed by atoms with Crippen LogP contribution in [0.5, 0.6) is 0 Å². The van der Waals surface area contributed by atoms with E-state index in [4.69, 9.17) is 5.11 Å². The largest absolute Gasteiger partial charge is 0.392 e. The standard InChI is InChI=1S/C16H21NO/c1-16(2,3)15-6-4-13(5-7-15)10-17-9-8-14(11-17)12-18/h4-9,11,18H,10,12H2,1-3H3. The highest BCUT2D eigenvalue weighted by Gasteiger charge is 2.12. The molecule has 2 nitrogen and oxygen atoms in total. The molecule has 0 spiro atoms. The van der Waals surface area contributed by atoms with Gasteiger partial charge in [-0.1, -0.05) is 45.0 Å². The highest BCUT2D eigenvalue weighted by Crippen LogP contribution is 2.22. The molecule has 0 atom stereocenters. The van der Waals surface area contributed by atoms with Crippen LogP contribution in [0.3, 0.4) is 0 Å². The van der Waals surface area contributed by atoms with Gasteiger partial charge in [-0.05, 0) is 28.2 Å². The molecule has 0 saturated heterocycles. The Bertz CT molecular complexity index is 503. The van der Waals surface area contributed by atoms with Crippen LogP contribution in [0.2, 0.25) is 0 Å². The molecule has 0 aliphatic heterocycles. The minimum Gasteiger partial charge on any atom is -0.392 e. The Hall–Kier alpha value is -1.54. The van der Waals surface area contributed by atoms with Crippen LogP contribution in [0.4, 0.5) is 0 Å². The van der Waals surface area contributed by atoms with Crippen molar-refractivity contribution < 1.29 is 5.11 Å². The summed E-state index contributed by atoms with van der Waals surface area (Å²) in [5.74, 6) is 0. The summed E-state index contributed by atoms with van der Waals surface area (Å²) in [6.45, 7) is 7.63. The van der Waals surface area contributed by atoms with Gasteiger partial charge in [0.25, 0.3) is 0 Å². The minimum atomic E-state index is 0.107. The van der Waals surface area contributed by atoms with Gasteiger partial charge in [0.2, 0.25) is 0 Å². The SMILES string of the molecule is CC(C)(C)c1ccc(Cn2ccc(CO)c2)cc1. The molecule has 1 N–H and O–H groups in total. The first kappa shape index (κ1) is 12.9. The molecule has 0 saturated carbocycles. The van der Waals surface area contributed by atoms with Crippen molar-refractivity contribution in [3.63, 3.8) is 0 Å². The van der Waals surface area contributed by atoms with Crippen LogP contribution in [-0.2, 0) is 18.6 Å². The summed E-state index contributed by atoms with van der Waals surface area (Å²) in [6, 6.07) is 10.7. The Morgan fingerprint density at radius 1 is 1.00 bits per heavy atom. The number of nitrogens with zero attached hydrogens (tertiary/aromatic N) is 1. The van der Waals surface area contributed by atoms with Gasteiger partial charge in [-0.25, -0.2) is 0 Å². The third-order valence-corrected chi connectivity index (χ3v) is 3.18. The highest BCUT2D eigenvalue weighted by molar-refractivity contribution is 5.28. The van der Waals surface area contributed by atoms with Gasteiger partial charge in [0, 0.05) is 18.9 Å².